The highest BCUT2D eigenvalue weighted by Crippen LogP contribution is 2.25. The number of benzene rings is 1. The molecule has 0 saturated carbocycles. The summed E-state index contributed by atoms with van der Waals surface area (Å²) in [4.78, 5) is 31.1. The Hall–Kier alpha value is -2.86. The van der Waals surface area contributed by atoms with E-state index >= 15 is 0 Å². The van der Waals surface area contributed by atoms with Crippen molar-refractivity contribution in [2.75, 3.05) is 11.4 Å². The molecule has 0 aliphatic carbocycles. The Morgan fingerprint density at radius 1 is 1.21 bits per heavy atom. The van der Waals surface area contributed by atoms with Gasteiger partial charge in [0.05, 0.1) is 23.2 Å². The zero-order chi connectivity index (χ0) is 19.7. The molecular formula is C21H21ClN4O2. The third-order valence-electron chi connectivity index (χ3n) is 5.06. The Morgan fingerprint density at radius 3 is 2.75 bits per heavy atom. The highest BCUT2D eigenvalue weighted by Gasteiger charge is 2.35. The lowest BCUT2D eigenvalue weighted by atomic mass is 10.1. The lowest BCUT2D eigenvalue weighted by molar-refractivity contribution is -0.126. The van der Waals surface area contributed by atoms with Gasteiger partial charge >= 0.3 is 0 Å². The molecule has 0 radical (unpaired) electrons. The van der Waals surface area contributed by atoms with Crippen molar-refractivity contribution in [1.29, 1.82) is 0 Å². The molecule has 2 aromatic heterocycles. The first-order chi connectivity index (χ1) is 13.5. The molecule has 1 aromatic carbocycles. The fourth-order valence-corrected chi connectivity index (χ4v) is 3.64. The van der Waals surface area contributed by atoms with E-state index in [0.717, 1.165) is 23.4 Å². The molecule has 6 nitrogen and oxygen atoms in total. The first-order valence-corrected chi connectivity index (χ1v) is 9.71. The molecule has 1 aliphatic heterocycles. The molecule has 28 heavy (non-hydrogen) atoms. The maximum Gasteiger partial charge on any atom is 0.227 e. The predicted molar refractivity (Wildman–Crippen MR) is 108 cm³/mol. The van der Waals surface area contributed by atoms with Gasteiger partial charge in [0, 0.05) is 31.0 Å². The summed E-state index contributed by atoms with van der Waals surface area (Å²) in [6.07, 6.45) is 4.78. The molecule has 0 bridgehead atoms. The number of rotatable bonds is 5. The van der Waals surface area contributed by atoms with E-state index in [2.05, 4.69) is 17.2 Å². The average molecular weight is 397 g/mol. The molecule has 144 valence electrons. The van der Waals surface area contributed by atoms with Crippen molar-refractivity contribution < 1.29 is 9.59 Å². The number of hydrogen-bond donors (Lipinski definition) is 1. The molecule has 2 amide bonds. The number of nitrogens with one attached hydrogen (secondary N) is 1. The SMILES string of the molecule is CCc1ccc(N2CC(C(=O)NCc3cn4cc(Cl)ccc4n3)CC2=O)cc1. The predicted octanol–water partition coefficient (Wildman–Crippen LogP) is 3.22. The van der Waals surface area contributed by atoms with Crippen LogP contribution in [0.4, 0.5) is 5.69 Å². The van der Waals surface area contributed by atoms with Gasteiger partial charge in [0.25, 0.3) is 0 Å². The Balaban J connectivity index is 1.38. The van der Waals surface area contributed by atoms with Gasteiger partial charge in [-0.25, -0.2) is 4.98 Å². The summed E-state index contributed by atoms with van der Waals surface area (Å²) in [5.74, 6) is -0.507. The summed E-state index contributed by atoms with van der Waals surface area (Å²) in [6.45, 7) is 2.80. The van der Waals surface area contributed by atoms with Crippen molar-refractivity contribution in [3.8, 4) is 0 Å². The molecule has 3 aromatic rings. The second-order valence-electron chi connectivity index (χ2n) is 6.99. The third-order valence-corrected chi connectivity index (χ3v) is 5.28. The second-order valence-corrected chi connectivity index (χ2v) is 7.42. The van der Waals surface area contributed by atoms with Gasteiger partial charge < -0.3 is 14.6 Å². The lowest BCUT2D eigenvalue weighted by Crippen LogP contribution is -2.32. The summed E-state index contributed by atoms with van der Waals surface area (Å²) in [6, 6.07) is 11.5. The monoisotopic (exact) mass is 396 g/mol. The van der Waals surface area contributed by atoms with E-state index in [9.17, 15) is 9.59 Å². The number of imidazole rings is 1. The first kappa shape index (κ1) is 18.5. The average Bonchev–Trinajstić information content (AvgIpc) is 3.29. The fourth-order valence-electron chi connectivity index (χ4n) is 3.47. The van der Waals surface area contributed by atoms with Crippen LogP contribution in [0.3, 0.4) is 0 Å². The number of anilines is 1. The quantitative estimate of drug-likeness (QED) is 0.720. The molecular weight excluding hydrogens is 376 g/mol. The van der Waals surface area contributed by atoms with E-state index in [1.165, 1.54) is 5.56 Å². The zero-order valence-corrected chi connectivity index (χ0v) is 16.3. The van der Waals surface area contributed by atoms with E-state index in [1.54, 1.807) is 17.2 Å². The number of carbonyl (C=O) groups is 2. The molecule has 4 rings (SSSR count). The van der Waals surface area contributed by atoms with Gasteiger partial charge in [-0.2, -0.15) is 0 Å². The topological polar surface area (TPSA) is 66.7 Å². The minimum absolute atomic E-state index is 0.0215. The normalized spacial score (nSPS) is 16.7. The fraction of sp³-hybridized carbons (Fsp3) is 0.286. The molecule has 0 spiro atoms. The van der Waals surface area contributed by atoms with Crippen molar-refractivity contribution in [1.82, 2.24) is 14.7 Å². The van der Waals surface area contributed by atoms with Crippen LogP contribution in [0.25, 0.3) is 5.65 Å². The van der Waals surface area contributed by atoms with Crippen LogP contribution in [0.5, 0.6) is 0 Å². The smallest absolute Gasteiger partial charge is 0.227 e. The maximum absolute atomic E-state index is 12.6. The second kappa shape index (κ2) is 7.64. The number of fused-ring (bicyclic) bond motifs is 1. The number of nitrogens with zero attached hydrogens (tertiary/aromatic N) is 3. The van der Waals surface area contributed by atoms with E-state index in [4.69, 9.17) is 11.6 Å². The minimum atomic E-state index is -0.357. The highest BCUT2D eigenvalue weighted by molar-refractivity contribution is 6.30. The van der Waals surface area contributed by atoms with Crippen molar-refractivity contribution in [3.05, 3.63) is 65.1 Å². The largest absolute Gasteiger partial charge is 0.350 e. The van der Waals surface area contributed by atoms with E-state index in [-0.39, 0.29) is 24.2 Å². The maximum atomic E-state index is 12.6. The summed E-state index contributed by atoms with van der Waals surface area (Å²) in [7, 11) is 0. The summed E-state index contributed by atoms with van der Waals surface area (Å²) in [5, 5.41) is 3.52. The van der Waals surface area contributed by atoms with Gasteiger partial charge in [-0.05, 0) is 36.2 Å². The number of halogens is 1. The van der Waals surface area contributed by atoms with E-state index < -0.39 is 0 Å². The van der Waals surface area contributed by atoms with Gasteiger partial charge in [0.2, 0.25) is 11.8 Å². The van der Waals surface area contributed by atoms with Crippen LogP contribution < -0.4 is 10.2 Å². The highest BCUT2D eigenvalue weighted by atomic mass is 35.5. The van der Waals surface area contributed by atoms with E-state index in [0.29, 0.717) is 18.1 Å². The van der Waals surface area contributed by atoms with Crippen LogP contribution in [0, 0.1) is 5.92 Å². The molecule has 1 fully saturated rings. The third kappa shape index (κ3) is 3.73. The van der Waals surface area contributed by atoms with Crippen molar-refractivity contribution >= 4 is 34.7 Å². The summed E-state index contributed by atoms with van der Waals surface area (Å²) >= 11 is 5.98. The molecule has 7 heteroatoms. The minimum Gasteiger partial charge on any atom is -0.350 e. The number of pyridine rings is 1. The molecule has 1 unspecified atom stereocenters. The molecule has 1 N–H and O–H groups in total. The van der Waals surface area contributed by atoms with Gasteiger partial charge in [0.1, 0.15) is 5.65 Å². The Morgan fingerprint density at radius 2 is 2.00 bits per heavy atom. The number of aromatic nitrogens is 2. The van der Waals surface area contributed by atoms with Crippen LogP contribution in [-0.4, -0.2) is 27.7 Å². The van der Waals surface area contributed by atoms with Crippen molar-refractivity contribution in [2.24, 2.45) is 5.92 Å². The molecule has 3 heterocycles. The lowest BCUT2D eigenvalue weighted by Gasteiger charge is -2.17. The summed E-state index contributed by atoms with van der Waals surface area (Å²) in [5.41, 5.74) is 3.58. The van der Waals surface area contributed by atoms with Gasteiger partial charge in [-0.1, -0.05) is 30.7 Å². The zero-order valence-electron chi connectivity index (χ0n) is 15.6. The number of aryl methyl sites for hydroxylation is 1. The Labute approximate surface area is 168 Å². The summed E-state index contributed by atoms with van der Waals surface area (Å²) < 4.78 is 1.82. The Kier molecular flexibility index (Phi) is 5.05. The Bertz CT molecular complexity index is 1030. The van der Waals surface area contributed by atoms with Crippen LogP contribution in [0.1, 0.15) is 24.6 Å². The molecule has 1 aliphatic rings. The molecule has 1 saturated heterocycles. The van der Waals surface area contributed by atoms with Crippen LogP contribution >= 0.6 is 11.6 Å². The first-order valence-electron chi connectivity index (χ1n) is 9.33. The van der Waals surface area contributed by atoms with Crippen LogP contribution in [0.15, 0.2) is 48.8 Å². The van der Waals surface area contributed by atoms with Crippen LogP contribution in [0.2, 0.25) is 5.02 Å². The van der Waals surface area contributed by atoms with Gasteiger partial charge in [0.15, 0.2) is 0 Å². The number of hydrogen-bond acceptors (Lipinski definition) is 3. The van der Waals surface area contributed by atoms with E-state index in [1.807, 2.05) is 40.9 Å². The van der Waals surface area contributed by atoms with Crippen molar-refractivity contribution in [2.45, 2.75) is 26.3 Å². The van der Waals surface area contributed by atoms with Gasteiger partial charge in [-0.3, -0.25) is 9.59 Å². The number of amides is 2. The molecule has 1 atom stereocenters. The van der Waals surface area contributed by atoms with Crippen molar-refractivity contribution in [3.63, 3.8) is 0 Å². The van der Waals surface area contributed by atoms with Crippen LogP contribution in [-0.2, 0) is 22.6 Å². The standard InChI is InChI=1S/C21H21ClN4O2/c1-2-14-3-6-18(7-4-14)26-11-15(9-20(26)27)21(28)23-10-17-13-25-12-16(22)5-8-19(25)24-17/h3-8,12-13,15H,2,9-11H2,1H3,(H,23,28). The number of carbonyl (C=O) groups excluding carboxylic acids is 2. The van der Waals surface area contributed by atoms with Gasteiger partial charge in [-0.15, -0.1) is 0 Å².